The van der Waals surface area contributed by atoms with Gasteiger partial charge in [0.1, 0.15) is 5.56 Å². The average Bonchev–Trinajstić information content (AvgIpc) is 2.75. The fraction of sp³-hybridized carbons (Fsp3) is 0.231. The van der Waals surface area contributed by atoms with Gasteiger partial charge in [-0.1, -0.05) is 0 Å². The largest absolute Gasteiger partial charge is 0.477 e. The minimum absolute atomic E-state index is 0.186. The molecule has 0 spiro atoms. The van der Waals surface area contributed by atoms with Gasteiger partial charge in [0, 0.05) is 18.8 Å². The van der Waals surface area contributed by atoms with E-state index in [0.29, 0.717) is 6.54 Å². The Morgan fingerprint density at radius 3 is 2.67 bits per heavy atom. The molecular weight excluding hydrogens is 250 g/mol. The van der Waals surface area contributed by atoms with Crippen molar-refractivity contribution < 1.29 is 9.90 Å². The van der Waals surface area contributed by atoms with Crippen molar-refractivity contribution in [2.24, 2.45) is 0 Å². The number of aromatic nitrogens is 1. The molecule has 0 bridgehead atoms. The Hall–Kier alpha value is -1.88. The Balaban J connectivity index is 2.65. The molecule has 18 heavy (non-hydrogen) atoms. The highest BCUT2D eigenvalue weighted by molar-refractivity contribution is 7.13. The zero-order valence-electron chi connectivity index (χ0n) is 10.1. The summed E-state index contributed by atoms with van der Waals surface area (Å²) in [7, 11) is 0. The molecule has 2 aromatic heterocycles. The minimum atomic E-state index is -1.18. The highest BCUT2D eigenvalue weighted by atomic mass is 32.1. The maximum atomic E-state index is 11.7. The SMILES string of the molecule is CCn1cc(C(=O)O)c(=O)cc1-c1cc(C)cs1. The van der Waals surface area contributed by atoms with Gasteiger partial charge in [0.25, 0.3) is 0 Å². The molecule has 0 fully saturated rings. The summed E-state index contributed by atoms with van der Waals surface area (Å²) in [5.41, 5.74) is 1.26. The molecule has 0 atom stereocenters. The number of aryl methyl sites for hydroxylation is 2. The number of carboxylic acid groups (broad SMARTS) is 1. The van der Waals surface area contributed by atoms with Crippen LogP contribution in [0.5, 0.6) is 0 Å². The van der Waals surface area contributed by atoms with Crippen LogP contribution in [0.25, 0.3) is 10.6 Å². The van der Waals surface area contributed by atoms with Crippen molar-refractivity contribution in [3.8, 4) is 10.6 Å². The molecule has 0 aliphatic rings. The molecular formula is C13H13NO3S. The van der Waals surface area contributed by atoms with E-state index in [1.807, 2.05) is 25.3 Å². The first-order valence-corrected chi connectivity index (χ1v) is 6.44. The third kappa shape index (κ3) is 2.22. The van der Waals surface area contributed by atoms with Gasteiger partial charge in [-0.05, 0) is 30.9 Å². The van der Waals surface area contributed by atoms with Crippen molar-refractivity contribution >= 4 is 17.3 Å². The summed E-state index contributed by atoms with van der Waals surface area (Å²) in [6.45, 7) is 4.52. The monoisotopic (exact) mass is 263 g/mol. The molecule has 1 N–H and O–H groups in total. The van der Waals surface area contributed by atoms with Gasteiger partial charge in [-0.3, -0.25) is 4.79 Å². The summed E-state index contributed by atoms with van der Waals surface area (Å²) in [6.07, 6.45) is 1.41. The van der Waals surface area contributed by atoms with Gasteiger partial charge in [0.2, 0.25) is 0 Å². The van der Waals surface area contributed by atoms with E-state index in [-0.39, 0.29) is 5.56 Å². The van der Waals surface area contributed by atoms with Gasteiger partial charge in [-0.25, -0.2) is 4.79 Å². The minimum Gasteiger partial charge on any atom is -0.477 e. The predicted octanol–water partition coefficient (Wildman–Crippen LogP) is 2.60. The molecule has 0 unspecified atom stereocenters. The number of thiophene rings is 1. The quantitative estimate of drug-likeness (QED) is 0.926. The Labute approximate surface area is 108 Å². The lowest BCUT2D eigenvalue weighted by molar-refractivity contribution is 0.0694. The van der Waals surface area contributed by atoms with Gasteiger partial charge in [0.15, 0.2) is 5.43 Å². The fourth-order valence-corrected chi connectivity index (χ4v) is 2.71. The van der Waals surface area contributed by atoms with Gasteiger partial charge in [-0.2, -0.15) is 0 Å². The summed E-state index contributed by atoms with van der Waals surface area (Å²) >= 11 is 1.55. The first-order valence-electron chi connectivity index (χ1n) is 5.56. The highest BCUT2D eigenvalue weighted by Gasteiger charge is 2.13. The summed E-state index contributed by atoms with van der Waals surface area (Å²) in [6, 6.07) is 3.39. The Morgan fingerprint density at radius 1 is 1.44 bits per heavy atom. The predicted molar refractivity (Wildman–Crippen MR) is 71.4 cm³/mol. The number of carbonyl (C=O) groups is 1. The second-order valence-electron chi connectivity index (χ2n) is 4.02. The summed E-state index contributed by atoms with van der Waals surface area (Å²) < 4.78 is 1.79. The first-order chi connectivity index (χ1) is 8.52. The maximum Gasteiger partial charge on any atom is 0.341 e. The molecule has 4 nitrogen and oxygen atoms in total. The van der Waals surface area contributed by atoms with Gasteiger partial charge in [-0.15, -0.1) is 11.3 Å². The van der Waals surface area contributed by atoms with Crippen molar-refractivity contribution in [1.82, 2.24) is 4.57 Å². The standard InChI is InChI=1S/C13H13NO3S/c1-3-14-6-9(13(16)17)11(15)5-10(14)12-4-8(2)7-18-12/h4-7H,3H2,1-2H3,(H,16,17). The summed E-state index contributed by atoms with van der Waals surface area (Å²) in [5, 5.41) is 10.9. The molecule has 0 radical (unpaired) electrons. The van der Waals surface area contributed by atoms with Crippen LogP contribution in [0.2, 0.25) is 0 Å². The molecule has 94 valence electrons. The summed E-state index contributed by atoms with van der Waals surface area (Å²) in [4.78, 5) is 23.6. The van der Waals surface area contributed by atoms with Crippen molar-refractivity contribution in [2.45, 2.75) is 20.4 Å². The van der Waals surface area contributed by atoms with Crippen LogP contribution in [0.3, 0.4) is 0 Å². The van der Waals surface area contributed by atoms with Crippen molar-refractivity contribution in [2.75, 3.05) is 0 Å². The van der Waals surface area contributed by atoms with Crippen LogP contribution in [-0.2, 0) is 6.54 Å². The van der Waals surface area contributed by atoms with Crippen LogP contribution in [0.1, 0.15) is 22.8 Å². The molecule has 2 rings (SSSR count). The normalized spacial score (nSPS) is 10.6. The second kappa shape index (κ2) is 4.78. The van der Waals surface area contributed by atoms with Crippen LogP contribution >= 0.6 is 11.3 Å². The van der Waals surface area contributed by atoms with Gasteiger partial charge in [0.05, 0.1) is 10.6 Å². The van der Waals surface area contributed by atoms with E-state index < -0.39 is 11.4 Å². The van der Waals surface area contributed by atoms with Crippen LogP contribution < -0.4 is 5.43 Å². The topological polar surface area (TPSA) is 59.3 Å². The number of hydrogen-bond acceptors (Lipinski definition) is 3. The lowest BCUT2D eigenvalue weighted by atomic mass is 10.2. The Bertz CT molecular complexity index is 654. The lowest BCUT2D eigenvalue weighted by Gasteiger charge is -2.10. The van der Waals surface area contributed by atoms with E-state index in [2.05, 4.69) is 0 Å². The van der Waals surface area contributed by atoms with Crippen LogP contribution in [0.15, 0.2) is 28.5 Å². The molecule has 0 saturated carbocycles. The Kier molecular flexibility index (Phi) is 3.34. The zero-order valence-corrected chi connectivity index (χ0v) is 11.0. The molecule has 2 heterocycles. The molecule has 0 amide bonds. The third-order valence-corrected chi connectivity index (χ3v) is 3.75. The maximum absolute atomic E-state index is 11.7. The lowest BCUT2D eigenvalue weighted by Crippen LogP contribution is -2.18. The fourth-order valence-electron chi connectivity index (χ4n) is 1.77. The smallest absolute Gasteiger partial charge is 0.341 e. The van der Waals surface area contributed by atoms with E-state index in [9.17, 15) is 9.59 Å². The number of hydrogen-bond donors (Lipinski definition) is 1. The molecule has 2 aromatic rings. The van der Waals surface area contributed by atoms with Crippen molar-refractivity contribution in [1.29, 1.82) is 0 Å². The van der Waals surface area contributed by atoms with E-state index in [1.165, 1.54) is 12.3 Å². The van der Waals surface area contributed by atoms with E-state index >= 15 is 0 Å². The zero-order chi connectivity index (χ0) is 13.3. The van der Waals surface area contributed by atoms with Gasteiger partial charge >= 0.3 is 5.97 Å². The van der Waals surface area contributed by atoms with Crippen LogP contribution in [0, 0.1) is 6.92 Å². The molecule has 0 aliphatic carbocycles. The summed E-state index contributed by atoms with van der Waals surface area (Å²) in [5.74, 6) is -1.18. The number of aromatic carboxylic acids is 1. The van der Waals surface area contributed by atoms with Crippen molar-refractivity contribution in [3.63, 3.8) is 0 Å². The average molecular weight is 263 g/mol. The van der Waals surface area contributed by atoms with E-state index in [1.54, 1.807) is 15.9 Å². The van der Waals surface area contributed by atoms with E-state index in [0.717, 1.165) is 16.1 Å². The molecule has 0 saturated heterocycles. The van der Waals surface area contributed by atoms with Crippen LogP contribution in [-0.4, -0.2) is 15.6 Å². The van der Waals surface area contributed by atoms with Crippen molar-refractivity contribution in [3.05, 3.63) is 45.1 Å². The highest BCUT2D eigenvalue weighted by Crippen LogP contribution is 2.26. The second-order valence-corrected chi connectivity index (χ2v) is 4.93. The number of pyridine rings is 1. The first kappa shape index (κ1) is 12.6. The Morgan fingerprint density at radius 2 is 2.17 bits per heavy atom. The number of rotatable bonds is 3. The molecule has 5 heteroatoms. The number of carboxylic acids is 1. The van der Waals surface area contributed by atoms with Gasteiger partial charge < -0.3 is 9.67 Å². The van der Waals surface area contributed by atoms with E-state index in [4.69, 9.17) is 5.11 Å². The van der Waals surface area contributed by atoms with Crippen LogP contribution in [0.4, 0.5) is 0 Å². The number of nitrogens with zero attached hydrogens (tertiary/aromatic N) is 1. The molecule has 0 aliphatic heterocycles. The third-order valence-electron chi connectivity index (χ3n) is 2.68. The molecule has 0 aromatic carbocycles.